The van der Waals surface area contributed by atoms with Gasteiger partial charge in [-0.05, 0) is 19.9 Å². The molecule has 1 unspecified atom stereocenters. The van der Waals surface area contributed by atoms with Crippen LogP contribution in [-0.4, -0.2) is 44.2 Å². The van der Waals surface area contributed by atoms with E-state index in [0.29, 0.717) is 6.54 Å². The van der Waals surface area contributed by atoms with E-state index >= 15 is 0 Å². The summed E-state index contributed by atoms with van der Waals surface area (Å²) in [4.78, 5) is 22.8. The Morgan fingerprint density at radius 2 is 2.00 bits per heavy atom. The molecule has 1 atom stereocenters. The molecular formula is C10H16F3N3O2. The van der Waals surface area contributed by atoms with Gasteiger partial charge in [0.1, 0.15) is 0 Å². The number of halogens is 3. The minimum Gasteiger partial charge on any atom is -0.355 e. The maximum Gasteiger partial charge on any atom is 0.404 e. The fraction of sp³-hybridized carbons (Fsp3) is 0.800. The van der Waals surface area contributed by atoms with Gasteiger partial charge in [-0.15, -0.1) is 0 Å². The molecule has 1 aliphatic heterocycles. The van der Waals surface area contributed by atoms with E-state index in [-0.39, 0.29) is 13.0 Å². The first-order valence-corrected chi connectivity index (χ1v) is 5.66. The third-order valence-electron chi connectivity index (χ3n) is 2.92. The van der Waals surface area contributed by atoms with E-state index in [1.165, 1.54) is 0 Å². The van der Waals surface area contributed by atoms with Gasteiger partial charge in [-0.1, -0.05) is 0 Å². The van der Waals surface area contributed by atoms with Crippen LogP contribution in [0, 0.1) is 5.41 Å². The van der Waals surface area contributed by atoms with Crippen LogP contribution >= 0.6 is 0 Å². The first kappa shape index (κ1) is 14.7. The molecule has 0 aromatic heterocycles. The van der Waals surface area contributed by atoms with Crippen molar-refractivity contribution in [2.75, 3.05) is 26.2 Å². The highest BCUT2D eigenvalue weighted by Gasteiger charge is 2.61. The monoisotopic (exact) mass is 267 g/mol. The Labute approximate surface area is 102 Å². The lowest BCUT2D eigenvalue weighted by molar-refractivity contribution is -0.216. The van der Waals surface area contributed by atoms with Gasteiger partial charge in [0.25, 0.3) is 0 Å². The fourth-order valence-electron chi connectivity index (χ4n) is 1.85. The van der Waals surface area contributed by atoms with Gasteiger partial charge in [0.15, 0.2) is 5.41 Å². The fourth-order valence-corrected chi connectivity index (χ4v) is 1.85. The molecule has 18 heavy (non-hydrogen) atoms. The van der Waals surface area contributed by atoms with E-state index in [1.54, 1.807) is 6.92 Å². The lowest BCUT2D eigenvalue weighted by Gasteiger charge is -2.29. The first-order chi connectivity index (χ1) is 8.33. The highest BCUT2D eigenvalue weighted by molar-refractivity contribution is 5.88. The summed E-state index contributed by atoms with van der Waals surface area (Å²) >= 11 is 0. The predicted molar refractivity (Wildman–Crippen MR) is 57.7 cm³/mol. The molecular weight excluding hydrogens is 251 g/mol. The van der Waals surface area contributed by atoms with Crippen LogP contribution in [0.4, 0.5) is 13.2 Å². The van der Waals surface area contributed by atoms with Crippen molar-refractivity contribution in [2.24, 2.45) is 5.41 Å². The second kappa shape index (κ2) is 5.55. The van der Waals surface area contributed by atoms with Crippen molar-refractivity contribution in [1.82, 2.24) is 16.0 Å². The molecule has 2 amide bonds. The number of carbonyl (C=O) groups excluding carboxylic acids is 2. The zero-order chi connectivity index (χ0) is 13.8. The molecule has 0 radical (unpaired) electrons. The quantitative estimate of drug-likeness (QED) is 0.659. The van der Waals surface area contributed by atoms with Gasteiger partial charge < -0.3 is 16.0 Å². The van der Waals surface area contributed by atoms with E-state index in [0.717, 1.165) is 0 Å². The van der Waals surface area contributed by atoms with Gasteiger partial charge >= 0.3 is 6.18 Å². The van der Waals surface area contributed by atoms with Crippen LogP contribution in [0.1, 0.15) is 13.3 Å². The molecule has 1 saturated heterocycles. The van der Waals surface area contributed by atoms with Crippen molar-refractivity contribution in [2.45, 2.75) is 19.5 Å². The van der Waals surface area contributed by atoms with E-state index in [2.05, 4.69) is 10.6 Å². The summed E-state index contributed by atoms with van der Waals surface area (Å²) in [5.41, 5.74) is -2.42. The van der Waals surface area contributed by atoms with Crippen molar-refractivity contribution >= 4 is 11.8 Å². The van der Waals surface area contributed by atoms with Crippen LogP contribution in [0.15, 0.2) is 0 Å². The molecule has 0 aromatic carbocycles. The summed E-state index contributed by atoms with van der Waals surface area (Å²) in [7, 11) is 0. The van der Waals surface area contributed by atoms with E-state index in [4.69, 9.17) is 0 Å². The Hall–Kier alpha value is -1.31. The highest BCUT2D eigenvalue weighted by atomic mass is 19.4. The molecule has 1 heterocycles. The number of carbonyl (C=O) groups is 2. The normalized spacial score (nSPS) is 23.8. The van der Waals surface area contributed by atoms with Crippen molar-refractivity contribution in [3.8, 4) is 0 Å². The molecule has 0 aromatic rings. The second-order valence-corrected chi connectivity index (χ2v) is 4.14. The van der Waals surface area contributed by atoms with Gasteiger partial charge in [0.05, 0.1) is 6.54 Å². The van der Waals surface area contributed by atoms with Crippen molar-refractivity contribution in [3.05, 3.63) is 0 Å². The van der Waals surface area contributed by atoms with Crippen molar-refractivity contribution in [3.63, 3.8) is 0 Å². The molecule has 1 fully saturated rings. The summed E-state index contributed by atoms with van der Waals surface area (Å²) in [5, 5.41) is 6.97. The maximum atomic E-state index is 12.9. The standard InChI is InChI=1S/C10H16F3N3O2/c1-2-15-7(17)5-16-8(18)9(10(11,12)13)3-4-14-6-9/h14H,2-6H2,1H3,(H,15,17)(H,16,18). The van der Waals surface area contributed by atoms with Crippen LogP contribution < -0.4 is 16.0 Å². The summed E-state index contributed by atoms with van der Waals surface area (Å²) in [6.45, 7) is 1.29. The van der Waals surface area contributed by atoms with Crippen LogP contribution in [0.2, 0.25) is 0 Å². The first-order valence-electron chi connectivity index (χ1n) is 5.66. The van der Waals surface area contributed by atoms with Crippen LogP contribution in [0.5, 0.6) is 0 Å². The van der Waals surface area contributed by atoms with Gasteiger partial charge in [0.2, 0.25) is 11.8 Å². The molecule has 0 aliphatic carbocycles. The van der Waals surface area contributed by atoms with Crippen LogP contribution in [-0.2, 0) is 9.59 Å². The molecule has 0 spiro atoms. The molecule has 0 bridgehead atoms. The lowest BCUT2D eigenvalue weighted by Crippen LogP contribution is -2.53. The average molecular weight is 267 g/mol. The maximum absolute atomic E-state index is 12.9. The van der Waals surface area contributed by atoms with Gasteiger partial charge in [-0.25, -0.2) is 0 Å². The topological polar surface area (TPSA) is 70.2 Å². The Balaban J connectivity index is 2.65. The van der Waals surface area contributed by atoms with Crippen molar-refractivity contribution in [1.29, 1.82) is 0 Å². The molecule has 8 heteroatoms. The van der Waals surface area contributed by atoms with E-state index in [1.807, 2.05) is 5.32 Å². The Kier molecular flexibility index (Phi) is 4.55. The van der Waals surface area contributed by atoms with Crippen molar-refractivity contribution < 1.29 is 22.8 Å². The number of hydrogen-bond donors (Lipinski definition) is 3. The number of amides is 2. The van der Waals surface area contributed by atoms with Gasteiger partial charge in [-0.2, -0.15) is 13.2 Å². The smallest absolute Gasteiger partial charge is 0.355 e. The number of likely N-dealkylation sites (N-methyl/N-ethyl adjacent to an activating group) is 1. The van der Waals surface area contributed by atoms with E-state index in [9.17, 15) is 22.8 Å². The average Bonchev–Trinajstić information content (AvgIpc) is 2.75. The predicted octanol–water partition coefficient (Wildman–Crippen LogP) is -0.219. The SMILES string of the molecule is CCNC(=O)CNC(=O)C1(C(F)(F)F)CCNC1. The summed E-state index contributed by atoms with van der Waals surface area (Å²) in [6, 6.07) is 0. The molecule has 5 nitrogen and oxygen atoms in total. The van der Waals surface area contributed by atoms with Gasteiger partial charge in [0, 0.05) is 13.1 Å². The number of rotatable bonds is 4. The molecule has 1 rings (SSSR count). The third kappa shape index (κ3) is 2.92. The highest BCUT2D eigenvalue weighted by Crippen LogP contribution is 2.43. The summed E-state index contributed by atoms with van der Waals surface area (Å²) in [6.07, 6.45) is -4.93. The van der Waals surface area contributed by atoms with Gasteiger partial charge in [-0.3, -0.25) is 9.59 Å². The minimum absolute atomic E-state index is 0.133. The third-order valence-corrected chi connectivity index (χ3v) is 2.92. The molecule has 1 aliphatic rings. The zero-order valence-electron chi connectivity index (χ0n) is 9.99. The summed E-state index contributed by atoms with van der Waals surface area (Å²) < 4.78 is 38.8. The zero-order valence-corrected chi connectivity index (χ0v) is 9.99. The lowest BCUT2D eigenvalue weighted by atomic mass is 9.85. The van der Waals surface area contributed by atoms with Crippen LogP contribution in [0.25, 0.3) is 0 Å². The Morgan fingerprint density at radius 3 is 2.44 bits per heavy atom. The number of nitrogens with one attached hydrogen (secondary N) is 3. The summed E-state index contributed by atoms with van der Waals surface area (Å²) in [5.74, 6) is -1.65. The van der Waals surface area contributed by atoms with E-state index < -0.39 is 36.5 Å². The molecule has 0 saturated carbocycles. The second-order valence-electron chi connectivity index (χ2n) is 4.14. The number of alkyl halides is 3. The Morgan fingerprint density at radius 1 is 1.33 bits per heavy atom. The number of hydrogen-bond acceptors (Lipinski definition) is 3. The minimum atomic E-state index is -4.62. The molecule has 104 valence electrons. The Bertz CT molecular complexity index is 325. The largest absolute Gasteiger partial charge is 0.404 e. The van der Waals surface area contributed by atoms with Crippen LogP contribution in [0.3, 0.4) is 0 Å². The molecule has 3 N–H and O–H groups in total.